The molecule has 2 rings (SSSR count). The largest absolute Gasteiger partial charge is 0.497 e. The van der Waals surface area contributed by atoms with Crippen molar-refractivity contribution in [1.82, 2.24) is 0 Å². The van der Waals surface area contributed by atoms with Gasteiger partial charge in [-0.1, -0.05) is 12.1 Å². The highest BCUT2D eigenvalue weighted by Crippen LogP contribution is 2.35. The van der Waals surface area contributed by atoms with Crippen molar-refractivity contribution < 1.29 is 22.7 Å². The first-order valence-corrected chi connectivity index (χ1v) is 10.5. The molecule has 2 aromatic rings. The summed E-state index contributed by atoms with van der Waals surface area (Å²) in [5, 5.41) is 11.4. The van der Waals surface area contributed by atoms with E-state index in [-0.39, 0.29) is 17.9 Å². The molecule has 1 atom stereocenters. The van der Waals surface area contributed by atoms with Crippen LogP contribution in [0.15, 0.2) is 42.5 Å². The molecule has 0 aromatic heterocycles. The molecule has 9 heteroatoms. The third-order valence-corrected chi connectivity index (χ3v) is 5.44. The van der Waals surface area contributed by atoms with E-state index in [1.165, 1.54) is 27.2 Å². The van der Waals surface area contributed by atoms with Crippen LogP contribution < -0.4 is 19.1 Å². The Bertz CT molecular complexity index is 1010. The first-order valence-electron chi connectivity index (χ1n) is 8.69. The summed E-state index contributed by atoms with van der Waals surface area (Å²) in [7, 11) is -0.948. The number of hydrogen-bond acceptors (Lipinski definition) is 6. The highest BCUT2D eigenvalue weighted by molar-refractivity contribution is 7.92. The van der Waals surface area contributed by atoms with E-state index < -0.39 is 22.0 Å². The lowest BCUT2D eigenvalue weighted by Gasteiger charge is -2.29. The summed E-state index contributed by atoms with van der Waals surface area (Å²) in [6, 6.07) is 12.5. The zero-order valence-electron chi connectivity index (χ0n) is 16.7. The van der Waals surface area contributed by atoms with E-state index >= 15 is 0 Å². The predicted molar refractivity (Wildman–Crippen MR) is 111 cm³/mol. The Morgan fingerprint density at radius 1 is 1.17 bits per heavy atom. The first kappa shape index (κ1) is 22.0. The van der Waals surface area contributed by atoms with Crippen molar-refractivity contribution in [2.45, 2.75) is 19.4 Å². The fraction of sp³-hybridized carbons (Fsp3) is 0.300. The maximum atomic E-state index is 12.8. The smallest absolute Gasteiger partial charge is 0.247 e. The van der Waals surface area contributed by atoms with Gasteiger partial charge in [-0.2, -0.15) is 5.26 Å². The summed E-state index contributed by atoms with van der Waals surface area (Å²) in [6.07, 6.45) is 1.29. The molecule has 1 N–H and O–H groups in total. The summed E-state index contributed by atoms with van der Waals surface area (Å²) < 4.78 is 36.5. The SMILES string of the molecule is COc1ccc(OC)c(N(C(C)C(=O)Nc2ccc(CC#N)cc2)S(C)(=O)=O)c1. The van der Waals surface area contributed by atoms with Gasteiger partial charge in [0.1, 0.15) is 17.5 Å². The number of nitrogens with one attached hydrogen (secondary N) is 1. The third kappa shape index (κ3) is 5.39. The number of amides is 1. The van der Waals surface area contributed by atoms with Gasteiger partial charge in [0.05, 0.1) is 38.7 Å². The Morgan fingerprint density at radius 2 is 1.83 bits per heavy atom. The van der Waals surface area contributed by atoms with Crippen LogP contribution in [0.4, 0.5) is 11.4 Å². The molecule has 0 aliphatic heterocycles. The van der Waals surface area contributed by atoms with Gasteiger partial charge in [0.2, 0.25) is 15.9 Å². The van der Waals surface area contributed by atoms with Gasteiger partial charge in [-0.15, -0.1) is 0 Å². The number of nitrogens with zero attached hydrogens (tertiary/aromatic N) is 2. The normalized spacial score (nSPS) is 11.8. The monoisotopic (exact) mass is 417 g/mol. The first-order chi connectivity index (χ1) is 13.7. The minimum atomic E-state index is -3.83. The predicted octanol–water partition coefficient (Wildman–Crippen LogP) is 2.56. The molecule has 0 spiro atoms. The Morgan fingerprint density at radius 3 is 2.34 bits per heavy atom. The van der Waals surface area contributed by atoms with Gasteiger partial charge in [0.25, 0.3) is 0 Å². The molecule has 1 amide bonds. The molecular formula is C20H23N3O5S. The topological polar surface area (TPSA) is 109 Å². The maximum absolute atomic E-state index is 12.8. The van der Waals surface area contributed by atoms with Crippen LogP contribution in [-0.4, -0.2) is 40.8 Å². The lowest BCUT2D eigenvalue weighted by Crippen LogP contribution is -2.45. The number of carbonyl (C=O) groups is 1. The fourth-order valence-electron chi connectivity index (χ4n) is 2.79. The van der Waals surface area contributed by atoms with E-state index in [1.54, 1.807) is 36.4 Å². The number of sulfonamides is 1. The van der Waals surface area contributed by atoms with Crippen LogP contribution in [0.2, 0.25) is 0 Å². The highest BCUT2D eigenvalue weighted by Gasteiger charge is 2.31. The van der Waals surface area contributed by atoms with Gasteiger partial charge in [0.15, 0.2) is 0 Å². The van der Waals surface area contributed by atoms with E-state index in [0.29, 0.717) is 11.4 Å². The molecule has 8 nitrogen and oxygen atoms in total. The number of hydrogen-bond donors (Lipinski definition) is 1. The van der Waals surface area contributed by atoms with Crippen molar-refractivity contribution in [2.75, 3.05) is 30.1 Å². The number of benzene rings is 2. The van der Waals surface area contributed by atoms with Gasteiger partial charge in [0, 0.05) is 11.8 Å². The third-order valence-electron chi connectivity index (χ3n) is 4.22. The van der Waals surface area contributed by atoms with Crippen LogP contribution in [0.1, 0.15) is 12.5 Å². The molecule has 154 valence electrons. The maximum Gasteiger partial charge on any atom is 0.247 e. The summed E-state index contributed by atoms with van der Waals surface area (Å²) in [6.45, 7) is 1.49. The Labute approximate surface area is 170 Å². The zero-order chi connectivity index (χ0) is 21.6. The van der Waals surface area contributed by atoms with Crippen molar-refractivity contribution in [2.24, 2.45) is 0 Å². The fourth-order valence-corrected chi connectivity index (χ4v) is 3.96. The second kappa shape index (κ2) is 9.30. The van der Waals surface area contributed by atoms with E-state index in [0.717, 1.165) is 16.1 Å². The molecule has 0 saturated carbocycles. The summed E-state index contributed by atoms with van der Waals surface area (Å²) in [4.78, 5) is 12.8. The van der Waals surface area contributed by atoms with Crippen LogP contribution in [0, 0.1) is 11.3 Å². The lowest BCUT2D eigenvalue weighted by molar-refractivity contribution is -0.116. The highest BCUT2D eigenvalue weighted by atomic mass is 32.2. The number of nitriles is 1. The number of carbonyl (C=O) groups excluding carboxylic acids is 1. The number of methoxy groups -OCH3 is 2. The van der Waals surface area contributed by atoms with Crippen molar-refractivity contribution in [3.05, 3.63) is 48.0 Å². The molecule has 0 radical (unpaired) electrons. The lowest BCUT2D eigenvalue weighted by atomic mass is 10.1. The quantitative estimate of drug-likeness (QED) is 0.707. The van der Waals surface area contributed by atoms with Crippen molar-refractivity contribution in [3.63, 3.8) is 0 Å². The molecule has 0 saturated heterocycles. The van der Waals surface area contributed by atoms with E-state index in [4.69, 9.17) is 14.7 Å². The zero-order valence-corrected chi connectivity index (χ0v) is 17.5. The van der Waals surface area contributed by atoms with E-state index in [1.807, 2.05) is 6.07 Å². The molecule has 1 unspecified atom stereocenters. The average molecular weight is 417 g/mol. The minimum Gasteiger partial charge on any atom is -0.497 e. The molecule has 29 heavy (non-hydrogen) atoms. The van der Waals surface area contributed by atoms with Gasteiger partial charge in [-0.3, -0.25) is 9.10 Å². The van der Waals surface area contributed by atoms with Crippen LogP contribution in [0.3, 0.4) is 0 Å². The summed E-state index contributed by atoms with van der Waals surface area (Å²) >= 11 is 0. The molecule has 0 heterocycles. The van der Waals surface area contributed by atoms with Gasteiger partial charge in [-0.25, -0.2) is 8.42 Å². The van der Waals surface area contributed by atoms with E-state index in [9.17, 15) is 13.2 Å². The molecular weight excluding hydrogens is 394 g/mol. The summed E-state index contributed by atoms with van der Waals surface area (Å²) in [5.74, 6) is 0.195. The summed E-state index contributed by atoms with van der Waals surface area (Å²) in [5.41, 5.74) is 1.51. The van der Waals surface area contributed by atoms with Gasteiger partial charge in [-0.05, 0) is 36.8 Å². The molecule has 0 aliphatic rings. The van der Waals surface area contributed by atoms with Crippen molar-refractivity contribution in [1.29, 1.82) is 5.26 Å². The van der Waals surface area contributed by atoms with Crippen LogP contribution in [-0.2, 0) is 21.2 Å². The molecule has 0 fully saturated rings. The van der Waals surface area contributed by atoms with Gasteiger partial charge < -0.3 is 14.8 Å². The van der Waals surface area contributed by atoms with Crippen molar-refractivity contribution in [3.8, 4) is 17.6 Å². The van der Waals surface area contributed by atoms with Crippen molar-refractivity contribution >= 4 is 27.3 Å². The number of ether oxygens (including phenoxy) is 2. The molecule has 2 aromatic carbocycles. The standard InChI is InChI=1S/C20H23N3O5S/c1-14(20(24)22-16-7-5-15(6-8-16)11-12-21)23(29(4,25)26)18-13-17(27-2)9-10-19(18)28-3/h5-10,13-14H,11H2,1-4H3,(H,22,24). The Balaban J connectivity index is 2.36. The average Bonchev–Trinajstić information content (AvgIpc) is 2.68. The van der Waals surface area contributed by atoms with E-state index in [2.05, 4.69) is 5.32 Å². The van der Waals surface area contributed by atoms with Crippen LogP contribution in [0.5, 0.6) is 11.5 Å². The van der Waals surface area contributed by atoms with Crippen LogP contribution in [0.25, 0.3) is 0 Å². The minimum absolute atomic E-state index is 0.196. The Hall–Kier alpha value is -3.25. The second-order valence-corrected chi connectivity index (χ2v) is 8.15. The number of anilines is 2. The Kier molecular flexibility index (Phi) is 7.07. The molecule has 0 bridgehead atoms. The molecule has 0 aliphatic carbocycles. The van der Waals surface area contributed by atoms with Crippen LogP contribution >= 0.6 is 0 Å². The second-order valence-electron chi connectivity index (χ2n) is 6.29. The number of rotatable bonds is 8. The van der Waals surface area contributed by atoms with Gasteiger partial charge >= 0.3 is 0 Å².